The highest BCUT2D eigenvalue weighted by molar-refractivity contribution is 7.71. The van der Waals surface area contributed by atoms with Crippen LogP contribution in [0, 0.1) is 16.4 Å². The van der Waals surface area contributed by atoms with Crippen LogP contribution in [-0.2, 0) is 12.8 Å². The number of fused-ring (bicyclic) bond motifs is 1. The largest absolute Gasteiger partial charge is 0.477 e. The maximum atomic E-state index is 13.9. The summed E-state index contributed by atoms with van der Waals surface area (Å²) in [6, 6.07) is 1.95. The van der Waals surface area contributed by atoms with E-state index in [0.717, 1.165) is 6.07 Å². The monoisotopic (exact) mass is 310 g/mol. The van der Waals surface area contributed by atoms with Crippen LogP contribution in [0.15, 0.2) is 18.3 Å². The smallest absolute Gasteiger partial charge is 0.354 e. The summed E-state index contributed by atoms with van der Waals surface area (Å²) in [5.41, 5.74) is 1.13. The third kappa shape index (κ3) is 2.37. The molecule has 2 aromatic rings. The standard InChI is InChI=1S/C14H12F2N2O2S/c15-8-3-7-1-2-9(5-10(7)11(16)4-8)18-12(13(19)20)6-17-14(18)21/h3-4,6,9H,1-2,5H2,(H,17,21)(H,19,20). The van der Waals surface area contributed by atoms with E-state index in [-0.39, 0.29) is 11.7 Å². The third-order valence-electron chi connectivity index (χ3n) is 3.83. The van der Waals surface area contributed by atoms with E-state index >= 15 is 0 Å². The molecule has 0 spiro atoms. The Hall–Kier alpha value is -2.02. The van der Waals surface area contributed by atoms with Gasteiger partial charge in [-0.2, -0.15) is 0 Å². The van der Waals surface area contributed by atoms with Crippen molar-refractivity contribution in [2.24, 2.45) is 0 Å². The summed E-state index contributed by atoms with van der Waals surface area (Å²) in [5, 5.41) is 9.19. The fraction of sp³-hybridized carbons (Fsp3) is 0.286. The molecule has 1 aromatic carbocycles. The lowest BCUT2D eigenvalue weighted by Crippen LogP contribution is -2.23. The van der Waals surface area contributed by atoms with Gasteiger partial charge in [0.25, 0.3) is 0 Å². The Morgan fingerprint density at radius 3 is 2.90 bits per heavy atom. The molecule has 3 rings (SSSR count). The van der Waals surface area contributed by atoms with Gasteiger partial charge in [-0.25, -0.2) is 13.6 Å². The predicted molar refractivity (Wildman–Crippen MR) is 74.0 cm³/mol. The van der Waals surface area contributed by atoms with Crippen molar-refractivity contribution in [3.8, 4) is 0 Å². The van der Waals surface area contributed by atoms with Gasteiger partial charge in [-0.05, 0) is 48.7 Å². The molecule has 1 aromatic heterocycles. The molecule has 1 unspecified atom stereocenters. The van der Waals surface area contributed by atoms with E-state index in [1.807, 2.05) is 0 Å². The summed E-state index contributed by atoms with van der Waals surface area (Å²) in [6.45, 7) is 0. The lowest BCUT2D eigenvalue weighted by molar-refractivity contribution is 0.0681. The number of halogens is 2. The molecule has 0 bridgehead atoms. The maximum Gasteiger partial charge on any atom is 0.354 e. The number of benzene rings is 1. The van der Waals surface area contributed by atoms with E-state index in [9.17, 15) is 18.7 Å². The molecule has 4 nitrogen and oxygen atoms in total. The highest BCUT2D eigenvalue weighted by atomic mass is 32.1. The van der Waals surface area contributed by atoms with Crippen LogP contribution in [0.3, 0.4) is 0 Å². The van der Waals surface area contributed by atoms with Crippen LogP contribution in [0.25, 0.3) is 0 Å². The van der Waals surface area contributed by atoms with Crippen LogP contribution in [-0.4, -0.2) is 20.6 Å². The second kappa shape index (κ2) is 5.07. The number of nitrogens with zero attached hydrogens (tertiary/aromatic N) is 1. The summed E-state index contributed by atoms with van der Waals surface area (Å²) in [5.74, 6) is -2.27. The number of nitrogens with one attached hydrogen (secondary N) is 1. The van der Waals surface area contributed by atoms with E-state index in [4.69, 9.17) is 12.2 Å². The number of aromatic nitrogens is 2. The molecule has 0 saturated carbocycles. The number of aromatic amines is 1. The molecule has 1 atom stereocenters. The van der Waals surface area contributed by atoms with Gasteiger partial charge in [0, 0.05) is 18.3 Å². The second-order valence-electron chi connectivity index (χ2n) is 5.08. The van der Waals surface area contributed by atoms with E-state index in [0.29, 0.717) is 35.2 Å². The van der Waals surface area contributed by atoms with Gasteiger partial charge in [-0.1, -0.05) is 0 Å². The van der Waals surface area contributed by atoms with E-state index in [1.165, 1.54) is 16.8 Å². The number of imidazole rings is 1. The summed E-state index contributed by atoms with van der Waals surface area (Å²) in [4.78, 5) is 13.9. The molecule has 0 amide bonds. The molecule has 1 aliphatic rings. The number of carboxylic acid groups (broad SMARTS) is 1. The number of carboxylic acids is 1. The molecule has 110 valence electrons. The molecule has 7 heteroatoms. The van der Waals surface area contributed by atoms with Gasteiger partial charge in [0.15, 0.2) is 4.77 Å². The Kier molecular flexibility index (Phi) is 3.36. The zero-order valence-electron chi connectivity index (χ0n) is 10.9. The van der Waals surface area contributed by atoms with Gasteiger partial charge in [-0.15, -0.1) is 0 Å². The van der Waals surface area contributed by atoms with Crippen LogP contribution < -0.4 is 0 Å². The molecular weight excluding hydrogens is 298 g/mol. The summed E-state index contributed by atoms with van der Waals surface area (Å²) in [6.07, 6.45) is 2.71. The Balaban J connectivity index is 2.03. The summed E-state index contributed by atoms with van der Waals surface area (Å²) >= 11 is 5.12. The van der Waals surface area contributed by atoms with Crippen molar-refractivity contribution in [2.45, 2.75) is 25.3 Å². The number of hydrogen-bond donors (Lipinski definition) is 2. The highest BCUT2D eigenvalue weighted by Crippen LogP contribution is 2.32. The summed E-state index contributed by atoms with van der Waals surface area (Å²) in [7, 11) is 0. The first kappa shape index (κ1) is 13.9. The Labute approximate surface area is 124 Å². The lowest BCUT2D eigenvalue weighted by atomic mass is 9.87. The van der Waals surface area contributed by atoms with E-state index in [2.05, 4.69) is 4.98 Å². The Morgan fingerprint density at radius 1 is 1.43 bits per heavy atom. The second-order valence-corrected chi connectivity index (χ2v) is 5.46. The molecule has 0 saturated heterocycles. The zero-order valence-corrected chi connectivity index (χ0v) is 11.7. The molecule has 0 radical (unpaired) electrons. The molecule has 1 heterocycles. The number of aryl methyl sites for hydroxylation is 1. The van der Waals surface area contributed by atoms with Crippen LogP contribution in [0.4, 0.5) is 8.78 Å². The van der Waals surface area contributed by atoms with Crippen molar-refractivity contribution in [1.82, 2.24) is 9.55 Å². The fourth-order valence-corrected chi connectivity index (χ4v) is 3.20. The van der Waals surface area contributed by atoms with E-state index < -0.39 is 17.6 Å². The molecule has 2 N–H and O–H groups in total. The van der Waals surface area contributed by atoms with Gasteiger partial charge >= 0.3 is 5.97 Å². The molecule has 0 fully saturated rings. The summed E-state index contributed by atoms with van der Waals surface area (Å²) < 4.78 is 28.9. The van der Waals surface area contributed by atoms with Gasteiger partial charge in [0.1, 0.15) is 17.3 Å². The van der Waals surface area contributed by atoms with Crippen molar-refractivity contribution in [2.75, 3.05) is 0 Å². The van der Waals surface area contributed by atoms with Crippen molar-refractivity contribution in [3.63, 3.8) is 0 Å². The van der Waals surface area contributed by atoms with Gasteiger partial charge in [0.2, 0.25) is 0 Å². The Morgan fingerprint density at radius 2 is 2.19 bits per heavy atom. The minimum Gasteiger partial charge on any atom is -0.477 e. The normalized spacial score (nSPS) is 17.5. The molecular formula is C14H12F2N2O2S. The number of hydrogen-bond acceptors (Lipinski definition) is 2. The first-order valence-corrected chi connectivity index (χ1v) is 6.88. The minimum atomic E-state index is -1.09. The third-order valence-corrected chi connectivity index (χ3v) is 4.15. The number of aromatic carboxylic acids is 1. The van der Waals surface area contributed by atoms with Crippen LogP contribution in [0.1, 0.15) is 34.1 Å². The van der Waals surface area contributed by atoms with Crippen molar-refractivity contribution in [1.29, 1.82) is 0 Å². The SMILES string of the molecule is O=C(O)c1c[nH]c(=S)n1C1CCc2cc(F)cc(F)c2C1. The number of rotatable bonds is 2. The highest BCUT2D eigenvalue weighted by Gasteiger charge is 2.26. The average Bonchev–Trinajstić information content (AvgIpc) is 2.80. The topological polar surface area (TPSA) is 58.0 Å². The van der Waals surface area contributed by atoms with Gasteiger partial charge < -0.3 is 14.7 Å². The van der Waals surface area contributed by atoms with Crippen molar-refractivity contribution < 1.29 is 18.7 Å². The minimum absolute atomic E-state index is 0.0518. The molecule has 21 heavy (non-hydrogen) atoms. The van der Waals surface area contributed by atoms with Crippen LogP contribution >= 0.6 is 12.2 Å². The first-order chi connectivity index (χ1) is 9.97. The van der Waals surface area contributed by atoms with Crippen LogP contribution in [0.2, 0.25) is 0 Å². The van der Waals surface area contributed by atoms with Crippen molar-refractivity contribution in [3.05, 3.63) is 51.6 Å². The molecule has 1 aliphatic carbocycles. The quantitative estimate of drug-likeness (QED) is 0.837. The van der Waals surface area contributed by atoms with Gasteiger partial charge in [0.05, 0.1) is 0 Å². The molecule has 0 aliphatic heterocycles. The number of carbonyl (C=O) groups is 1. The first-order valence-electron chi connectivity index (χ1n) is 6.47. The fourth-order valence-electron chi connectivity index (χ4n) is 2.89. The number of H-pyrrole nitrogens is 1. The zero-order chi connectivity index (χ0) is 15.1. The van der Waals surface area contributed by atoms with Crippen LogP contribution in [0.5, 0.6) is 0 Å². The predicted octanol–water partition coefficient (Wildman–Crippen LogP) is 3.25. The van der Waals surface area contributed by atoms with Crippen molar-refractivity contribution >= 4 is 18.2 Å². The Bertz CT molecular complexity index is 782. The lowest BCUT2D eigenvalue weighted by Gasteiger charge is -2.27. The average molecular weight is 310 g/mol. The maximum absolute atomic E-state index is 13.9. The van der Waals surface area contributed by atoms with Gasteiger partial charge in [-0.3, -0.25) is 0 Å². The van der Waals surface area contributed by atoms with E-state index in [1.54, 1.807) is 0 Å².